The number of hydrogen-bond donors (Lipinski definition) is 2. The molecule has 0 radical (unpaired) electrons. The summed E-state index contributed by atoms with van der Waals surface area (Å²) in [6, 6.07) is 6.77. The van der Waals surface area contributed by atoms with Gasteiger partial charge in [0.25, 0.3) is 5.91 Å². The SMILES string of the molecule is CCn1c(CC23CC4CC(CC(C4)C2)C3)nnc1SCC(=O)Nc1ccccc1C(N)=O. The maximum absolute atomic E-state index is 12.5. The summed E-state index contributed by atoms with van der Waals surface area (Å²) in [6.45, 7) is 2.91. The predicted octanol–water partition coefficient (Wildman–Crippen LogP) is 3.89. The van der Waals surface area contributed by atoms with Crippen molar-refractivity contribution in [2.24, 2.45) is 28.9 Å². The van der Waals surface area contributed by atoms with Gasteiger partial charge in [0.05, 0.1) is 17.0 Å². The smallest absolute Gasteiger partial charge is 0.250 e. The zero-order chi connectivity index (χ0) is 22.3. The fraction of sp³-hybridized carbons (Fsp3) is 0.583. The number of benzene rings is 1. The Labute approximate surface area is 192 Å². The minimum absolute atomic E-state index is 0.197. The molecule has 2 amide bonds. The lowest BCUT2D eigenvalue weighted by molar-refractivity contribution is -0.113. The van der Waals surface area contributed by atoms with Gasteiger partial charge in [-0.3, -0.25) is 9.59 Å². The molecule has 3 N–H and O–H groups in total. The van der Waals surface area contributed by atoms with Crippen molar-refractivity contribution in [2.45, 2.75) is 63.6 Å². The number of thioether (sulfide) groups is 1. The van der Waals surface area contributed by atoms with Crippen molar-refractivity contribution < 1.29 is 9.59 Å². The minimum atomic E-state index is -0.561. The number of nitrogens with two attached hydrogens (primary N) is 1. The van der Waals surface area contributed by atoms with E-state index in [1.165, 1.54) is 50.3 Å². The fourth-order valence-corrected chi connectivity index (χ4v) is 7.66. The summed E-state index contributed by atoms with van der Waals surface area (Å²) in [5.74, 6) is 3.25. The summed E-state index contributed by atoms with van der Waals surface area (Å²) < 4.78 is 2.17. The molecule has 1 heterocycles. The molecule has 0 atom stereocenters. The van der Waals surface area contributed by atoms with Gasteiger partial charge in [0, 0.05) is 13.0 Å². The van der Waals surface area contributed by atoms with E-state index in [0.717, 1.165) is 41.7 Å². The first-order valence-electron chi connectivity index (χ1n) is 11.7. The van der Waals surface area contributed by atoms with Crippen LogP contribution >= 0.6 is 11.8 Å². The van der Waals surface area contributed by atoms with Gasteiger partial charge in [0.1, 0.15) is 5.82 Å². The molecule has 1 aromatic heterocycles. The molecule has 2 aromatic rings. The van der Waals surface area contributed by atoms with E-state index in [9.17, 15) is 9.59 Å². The number of amides is 2. The van der Waals surface area contributed by atoms with Crippen LogP contribution in [0.4, 0.5) is 5.69 Å². The quantitative estimate of drug-likeness (QED) is 0.590. The fourth-order valence-electron chi connectivity index (χ4n) is 6.84. The monoisotopic (exact) mass is 453 g/mol. The van der Waals surface area contributed by atoms with E-state index in [4.69, 9.17) is 5.73 Å². The van der Waals surface area contributed by atoms with Crippen LogP contribution in [-0.4, -0.2) is 32.3 Å². The van der Waals surface area contributed by atoms with Gasteiger partial charge in [-0.25, -0.2) is 0 Å². The van der Waals surface area contributed by atoms with Crippen LogP contribution < -0.4 is 11.1 Å². The Morgan fingerprint density at radius 1 is 1.12 bits per heavy atom. The molecule has 7 nitrogen and oxygen atoms in total. The minimum Gasteiger partial charge on any atom is -0.366 e. The highest BCUT2D eigenvalue weighted by Crippen LogP contribution is 2.61. The zero-order valence-electron chi connectivity index (χ0n) is 18.5. The molecule has 4 saturated carbocycles. The van der Waals surface area contributed by atoms with Crippen molar-refractivity contribution in [1.29, 1.82) is 0 Å². The number of rotatable bonds is 8. The van der Waals surface area contributed by atoms with Crippen molar-refractivity contribution in [3.8, 4) is 0 Å². The summed E-state index contributed by atoms with van der Waals surface area (Å²) in [7, 11) is 0. The molecule has 32 heavy (non-hydrogen) atoms. The van der Waals surface area contributed by atoms with Crippen LogP contribution in [0.2, 0.25) is 0 Å². The van der Waals surface area contributed by atoms with E-state index in [2.05, 4.69) is 27.0 Å². The lowest BCUT2D eigenvalue weighted by Gasteiger charge is -2.56. The maximum atomic E-state index is 12.5. The Morgan fingerprint density at radius 2 is 1.78 bits per heavy atom. The van der Waals surface area contributed by atoms with Crippen LogP contribution in [0.15, 0.2) is 29.4 Å². The van der Waals surface area contributed by atoms with Crippen molar-refractivity contribution in [1.82, 2.24) is 14.8 Å². The van der Waals surface area contributed by atoms with E-state index in [1.54, 1.807) is 24.3 Å². The lowest BCUT2D eigenvalue weighted by Crippen LogP contribution is -2.47. The summed E-state index contributed by atoms with van der Waals surface area (Å²) >= 11 is 1.39. The normalized spacial score (nSPS) is 28.1. The third-order valence-corrected chi connectivity index (χ3v) is 8.57. The van der Waals surface area contributed by atoms with Crippen molar-refractivity contribution in [2.75, 3.05) is 11.1 Å². The Kier molecular flexibility index (Phi) is 5.73. The van der Waals surface area contributed by atoms with Crippen LogP contribution in [0, 0.1) is 23.2 Å². The van der Waals surface area contributed by atoms with Crippen LogP contribution in [0.1, 0.15) is 61.6 Å². The summed E-state index contributed by atoms with van der Waals surface area (Å²) in [4.78, 5) is 24.1. The van der Waals surface area contributed by atoms with E-state index in [1.807, 2.05) is 0 Å². The molecule has 0 spiro atoms. The number of nitrogens with one attached hydrogen (secondary N) is 1. The highest BCUT2D eigenvalue weighted by Gasteiger charge is 2.51. The van der Waals surface area contributed by atoms with Crippen LogP contribution in [0.3, 0.4) is 0 Å². The molecular formula is C24H31N5O2S. The first-order chi connectivity index (χ1) is 15.4. The standard InChI is InChI=1S/C24H31N5O2S/c1-2-29-20(13-24-10-15-7-16(11-24)9-17(8-15)12-24)27-28-23(29)32-14-21(30)26-19-6-4-3-5-18(19)22(25)31/h3-6,15-17H,2,7-14H2,1H3,(H2,25,31)(H,26,30). The molecule has 4 aliphatic rings. The second-order valence-electron chi connectivity index (χ2n) is 9.98. The third kappa shape index (κ3) is 4.17. The number of nitrogens with zero attached hydrogens (tertiary/aromatic N) is 3. The van der Waals surface area contributed by atoms with Crippen LogP contribution in [0.5, 0.6) is 0 Å². The van der Waals surface area contributed by atoms with Crippen molar-refractivity contribution in [3.63, 3.8) is 0 Å². The number of aromatic nitrogens is 3. The Bertz CT molecular complexity index is 998. The molecule has 170 valence electrons. The second-order valence-corrected chi connectivity index (χ2v) is 10.9. The number of primary amides is 1. The molecule has 0 aliphatic heterocycles. The Balaban J connectivity index is 1.24. The Hall–Kier alpha value is -2.35. The van der Waals surface area contributed by atoms with Crippen LogP contribution in [0.25, 0.3) is 0 Å². The predicted molar refractivity (Wildman–Crippen MR) is 124 cm³/mol. The highest BCUT2D eigenvalue weighted by molar-refractivity contribution is 7.99. The third-order valence-electron chi connectivity index (χ3n) is 7.61. The van der Waals surface area contributed by atoms with Gasteiger partial charge in [0.2, 0.25) is 5.91 Å². The number of carbonyl (C=O) groups excluding carboxylic acids is 2. The van der Waals surface area contributed by atoms with Gasteiger partial charge in [-0.1, -0.05) is 23.9 Å². The van der Waals surface area contributed by atoms with Crippen LogP contribution in [-0.2, 0) is 17.8 Å². The molecular weight excluding hydrogens is 422 g/mol. The number of anilines is 1. The summed E-state index contributed by atoms with van der Waals surface area (Å²) in [5, 5.41) is 12.6. The molecule has 1 aromatic carbocycles. The van der Waals surface area contributed by atoms with Crippen molar-refractivity contribution >= 4 is 29.3 Å². The van der Waals surface area contributed by atoms with Gasteiger partial charge in [-0.2, -0.15) is 0 Å². The summed E-state index contributed by atoms with van der Waals surface area (Å²) in [5.41, 5.74) is 6.55. The van der Waals surface area contributed by atoms with Gasteiger partial charge in [0.15, 0.2) is 5.16 Å². The molecule has 4 aliphatic carbocycles. The van der Waals surface area contributed by atoms with E-state index < -0.39 is 5.91 Å². The second kappa shape index (κ2) is 8.54. The van der Waals surface area contributed by atoms with E-state index in [-0.39, 0.29) is 11.7 Å². The Morgan fingerprint density at radius 3 is 2.41 bits per heavy atom. The van der Waals surface area contributed by atoms with Gasteiger partial charge in [-0.15, -0.1) is 10.2 Å². The molecule has 8 heteroatoms. The van der Waals surface area contributed by atoms with E-state index in [0.29, 0.717) is 16.7 Å². The molecule has 6 rings (SSSR count). The highest BCUT2D eigenvalue weighted by atomic mass is 32.2. The first kappa shape index (κ1) is 21.5. The molecule has 4 fully saturated rings. The van der Waals surface area contributed by atoms with E-state index >= 15 is 0 Å². The first-order valence-corrected chi connectivity index (χ1v) is 12.7. The maximum Gasteiger partial charge on any atom is 0.250 e. The topological polar surface area (TPSA) is 103 Å². The number of para-hydroxylation sites is 1. The largest absolute Gasteiger partial charge is 0.366 e. The summed E-state index contributed by atoms with van der Waals surface area (Å²) in [6.07, 6.45) is 9.37. The average molecular weight is 454 g/mol. The van der Waals surface area contributed by atoms with Gasteiger partial charge in [-0.05, 0) is 80.8 Å². The molecule has 0 unspecified atom stereocenters. The number of carbonyl (C=O) groups is 2. The van der Waals surface area contributed by atoms with Gasteiger partial charge >= 0.3 is 0 Å². The molecule has 0 saturated heterocycles. The number of hydrogen-bond acceptors (Lipinski definition) is 5. The van der Waals surface area contributed by atoms with Crippen molar-refractivity contribution in [3.05, 3.63) is 35.7 Å². The average Bonchev–Trinajstić information content (AvgIpc) is 3.12. The lowest BCUT2D eigenvalue weighted by atomic mass is 9.49. The zero-order valence-corrected chi connectivity index (χ0v) is 19.4. The molecule has 4 bridgehead atoms. The van der Waals surface area contributed by atoms with Gasteiger partial charge < -0.3 is 15.6 Å².